The predicted molar refractivity (Wildman–Crippen MR) is 26.1 cm³/mol. The highest BCUT2D eigenvalue weighted by Gasteiger charge is 2.06. The van der Waals surface area contributed by atoms with Gasteiger partial charge in [0.25, 0.3) is 0 Å². The van der Waals surface area contributed by atoms with Crippen molar-refractivity contribution in [2.45, 2.75) is 13.3 Å². The van der Waals surface area contributed by atoms with Gasteiger partial charge in [-0.2, -0.15) is 0 Å². The standard InChI is InChI=1S/C5H10N/c1-5-2-3-6-4-5/h3,5-6H,2,4H2,1H3/t5-/m0/s1. The van der Waals surface area contributed by atoms with E-state index in [1.165, 1.54) is 13.0 Å². The van der Waals surface area contributed by atoms with Crippen molar-refractivity contribution in [2.75, 3.05) is 6.54 Å². The van der Waals surface area contributed by atoms with E-state index in [4.69, 9.17) is 0 Å². The molecule has 1 radical (unpaired) electrons. The summed E-state index contributed by atoms with van der Waals surface area (Å²) in [5.74, 6) is 0.880. The molecule has 6 heavy (non-hydrogen) atoms. The largest absolute Gasteiger partial charge is 0.312 e. The van der Waals surface area contributed by atoms with Gasteiger partial charge in [0.05, 0.1) is 0 Å². The van der Waals surface area contributed by atoms with Crippen LogP contribution in [0.15, 0.2) is 0 Å². The third kappa shape index (κ3) is 0.716. The summed E-state index contributed by atoms with van der Waals surface area (Å²) in [7, 11) is 0. The van der Waals surface area contributed by atoms with Gasteiger partial charge in [0, 0.05) is 6.54 Å². The molecule has 0 bridgehead atoms. The molecule has 0 aliphatic carbocycles. The van der Waals surface area contributed by atoms with Gasteiger partial charge in [-0.15, -0.1) is 0 Å². The fourth-order valence-electron chi connectivity index (χ4n) is 0.652. The molecule has 0 saturated carbocycles. The van der Waals surface area contributed by atoms with Crippen LogP contribution in [0, 0.1) is 12.5 Å². The van der Waals surface area contributed by atoms with E-state index in [1.807, 2.05) is 0 Å². The molecule has 0 amide bonds. The topological polar surface area (TPSA) is 12.0 Å². The zero-order valence-corrected chi connectivity index (χ0v) is 4.07. The smallest absolute Gasteiger partial charge is 0.0224 e. The molecule has 1 atom stereocenters. The van der Waals surface area contributed by atoms with Crippen LogP contribution < -0.4 is 5.32 Å². The third-order valence-corrected chi connectivity index (χ3v) is 1.13. The van der Waals surface area contributed by atoms with E-state index in [1.54, 1.807) is 0 Å². The monoisotopic (exact) mass is 84.1 g/mol. The molecule has 1 rings (SSSR count). The number of hydrogen-bond acceptors (Lipinski definition) is 1. The molecule has 0 aromatic rings. The van der Waals surface area contributed by atoms with E-state index in [-0.39, 0.29) is 0 Å². The Balaban J connectivity index is 2.18. The Morgan fingerprint density at radius 2 is 2.67 bits per heavy atom. The van der Waals surface area contributed by atoms with Crippen molar-refractivity contribution in [3.8, 4) is 0 Å². The summed E-state index contributed by atoms with van der Waals surface area (Å²) in [5, 5.41) is 3.15. The van der Waals surface area contributed by atoms with Crippen molar-refractivity contribution in [1.29, 1.82) is 0 Å². The molecule has 1 heteroatoms. The average Bonchev–Trinajstić information content (AvgIpc) is 1.86. The molecule has 35 valence electrons. The molecule has 1 saturated heterocycles. The SMILES string of the molecule is C[C@H]1C[CH]NC1. The normalized spacial score (nSPS) is 34.5. The van der Waals surface area contributed by atoms with Gasteiger partial charge in [0.2, 0.25) is 0 Å². The second kappa shape index (κ2) is 1.61. The zero-order valence-electron chi connectivity index (χ0n) is 4.07. The van der Waals surface area contributed by atoms with E-state index in [0.29, 0.717) is 0 Å². The first kappa shape index (κ1) is 4.13. The summed E-state index contributed by atoms with van der Waals surface area (Å²) >= 11 is 0. The van der Waals surface area contributed by atoms with Gasteiger partial charge in [-0.3, -0.25) is 0 Å². The lowest BCUT2D eigenvalue weighted by Crippen LogP contribution is -2.03. The Hall–Kier alpha value is -0.0400. The number of nitrogens with one attached hydrogen (secondary N) is 1. The number of rotatable bonds is 0. The summed E-state index contributed by atoms with van der Waals surface area (Å²) in [4.78, 5) is 0. The second-order valence-corrected chi connectivity index (χ2v) is 1.95. The quantitative estimate of drug-likeness (QED) is 0.457. The van der Waals surface area contributed by atoms with E-state index < -0.39 is 0 Å². The van der Waals surface area contributed by atoms with Crippen LogP contribution in [0.2, 0.25) is 0 Å². The van der Waals surface area contributed by atoms with Crippen molar-refractivity contribution in [2.24, 2.45) is 5.92 Å². The lowest BCUT2D eigenvalue weighted by Gasteiger charge is -1.90. The van der Waals surface area contributed by atoms with Gasteiger partial charge in [0.1, 0.15) is 0 Å². The van der Waals surface area contributed by atoms with Gasteiger partial charge in [-0.25, -0.2) is 0 Å². The molecule has 0 aromatic carbocycles. The van der Waals surface area contributed by atoms with E-state index in [9.17, 15) is 0 Å². The maximum atomic E-state index is 3.15. The summed E-state index contributed by atoms with van der Waals surface area (Å²) in [6.07, 6.45) is 1.25. The van der Waals surface area contributed by atoms with Crippen LogP contribution in [0.4, 0.5) is 0 Å². The van der Waals surface area contributed by atoms with Crippen LogP contribution in [0.3, 0.4) is 0 Å². The first-order valence-electron chi connectivity index (χ1n) is 2.44. The summed E-state index contributed by atoms with van der Waals surface area (Å²) in [6, 6.07) is 0. The van der Waals surface area contributed by atoms with Crippen LogP contribution in [-0.2, 0) is 0 Å². The van der Waals surface area contributed by atoms with Crippen LogP contribution in [-0.4, -0.2) is 6.54 Å². The highest BCUT2D eigenvalue weighted by Crippen LogP contribution is 2.06. The van der Waals surface area contributed by atoms with Crippen molar-refractivity contribution in [3.63, 3.8) is 0 Å². The molecule has 0 unspecified atom stereocenters. The van der Waals surface area contributed by atoms with Crippen molar-refractivity contribution < 1.29 is 0 Å². The van der Waals surface area contributed by atoms with E-state index in [2.05, 4.69) is 18.8 Å². The minimum Gasteiger partial charge on any atom is -0.312 e. The molecule has 0 aromatic heterocycles. The Labute approximate surface area is 38.7 Å². The maximum absolute atomic E-state index is 3.15. The number of hydrogen-bond donors (Lipinski definition) is 1. The molecule has 1 aliphatic heterocycles. The first-order chi connectivity index (χ1) is 2.89. The lowest BCUT2D eigenvalue weighted by atomic mass is 10.2. The van der Waals surface area contributed by atoms with E-state index >= 15 is 0 Å². The van der Waals surface area contributed by atoms with Gasteiger partial charge in [0.15, 0.2) is 0 Å². The van der Waals surface area contributed by atoms with Crippen LogP contribution in [0.25, 0.3) is 0 Å². The van der Waals surface area contributed by atoms with Crippen LogP contribution in [0.1, 0.15) is 13.3 Å². The summed E-state index contributed by atoms with van der Waals surface area (Å²) in [6.45, 7) is 5.56. The molecule has 1 aliphatic rings. The predicted octanol–water partition coefficient (Wildman–Crippen LogP) is 0.778. The fourth-order valence-corrected chi connectivity index (χ4v) is 0.652. The van der Waals surface area contributed by atoms with Gasteiger partial charge >= 0.3 is 0 Å². The first-order valence-corrected chi connectivity index (χ1v) is 2.44. The Morgan fingerprint density at radius 3 is 2.83 bits per heavy atom. The minimum absolute atomic E-state index is 0.880. The molecular weight excluding hydrogens is 74.1 g/mol. The Kier molecular flexibility index (Phi) is 1.10. The second-order valence-electron chi connectivity index (χ2n) is 1.95. The van der Waals surface area contributed by atoms with Gasteiger partial charge in [-0.1, -0.05) is 6.92 Å². The summed E-state index contributed by atoms with van der Waals surface area (Å²) in [5.41, 5.74) is 0. The van der Waals surface area contributed by atoms with Gasteiger partial charge < -0.3 is 5.32 Å². The van der Waals surface area contributed by atoms with E-state index in [0.717, 1.165) is 5.92 Å². The summed E-state index contributed by atoms with van der Waals surface area (Å²) < 4.78 is 0. The molecule has 1 fully saturated rings. The van der Waals surface area contributed by atoms with Crippen LogP contribution >= 0.6 is 0 Å². The lowest BCUT2D eigenvalue weighted by molar-refractivity contribution is 0.653. The highest BCUT2D eigenvalue weighted by molar-refractivity contribution is 4.75. The molecule has 1 heterocycles. The minimum atomic E-state index is 0.880. The average molecular weight is 84.1 g/mol. The highest BCUT2D eigenvalue weighted by atomic mass is 14.9. The Bertz CT molecular complexity index is 37.2. The van der Waals surface area contributed by atoms with Crippen molar-refractivity contribution in [1.82, 2.24) is 5.32 Å². The molecule has 0 spiro atoms. The Morgan fingerprint density at radius 1 is 1.83 bits per heavy atom. The maximum Gasteiger partial charge on any atom is 0.0224 e. The zero-order chi connectivity index (χ0) is 4.41. The molecule has 1 nitrogen and oxygen atoms in total. The molecule has 1 N–H and O–H groups in total. The molecular formula is C5H10N. The van der Waals surface area contributed by atoms with Gasteiger partial charge in [-0.05, 0) is 18.9 Å². The van der Waals surface area contributed by atoms with Crippen molar-refractivity contribution >= 4 is 0 Å². The van der Waals surface area contributed by atoms with Crippen LogP contribution in [0.5, 0.6) is 0 Å². The van der Waals surface area contributed by atoms with Crippen molar-refractivity contribution in [3.05, 3.63) is 6.54 Å². The fraction of sp³-hybridized carbons (Fsp3) is 0.800. The third-order valence-electron chi connectivity index (χ3n) is 1.13.